The fourth-order valence-corrected chi connectivity index (χ4v) is 0.690. The minimum Gasteiger partial charge on any atom is -0.297 e. The highest BCUT2D eigenvalue weighted by atomic mass is 15.6. The van der Waals surface area contributed by atoms with E-state index in [0.29, 0.717) is 0 Å². The average Bonchev–Trinajstić information content (AvgIpc) is 2.19. The molecule has 0 radical (unpaired) electrons. The molecule has 0 spiro atoms. The number of nitrogens with one attached hydrogen (secondary N) is 1. The van der Waals surface area contributed by atoms with E-state index in [4.69, 9.17) is 0 Å². The first-order valence-electron chi connectivity index (χ1n) is 2.93. The Morgan fingerprint density at radius 1 is 1.88 bits per heavy atom. The second kappa shape index (κ2) is 2.67. The molecule has 0 atom stereocenters. The number of nitrogens with zero attached hydrogens (tertiary/aromatic N) is 2. The van der Waals surface area contributed by atoms with Gasteiger partial charge in [0.15, 0.2) is 0 Å². The van der Waals surface area contributed by atoms with Crippen LogP contribution in [-0.4, -0.2) is 24.6 Å². The topological polar surface area (TPSA) is 27.6 Å². The number of hydrazine groups is 1. The Morgan fingerprint density at radius 2 is 2.75 bits per heavy atom. The molecule has 0 amide bonds. The van der Waals surface area contributed by atoms with Gasteiger partial charge in [-0.3, -0.25) is 10.0 Å². The molecule has 0 saturated carbocycles. The van der Waals surface area contributed by atoms with Crippen LogP contribution in [-0.2, 0) is 0 Å². The Labute approximate surface area is 49.4 Å². The minimum absolute atomic E-state index is 0.750. The van der Waals surface area contributed by atoms with Crippen LogP contribution in [0.3, 0.4) is 0 Å². The summed E-state index contributed by atoms with van der Waals surface area (Å²) in [7, 11) is 0. The van der Waals surface area contributed by atoms with Gasteiger partial charge in [-0.05, 0) is 6.42 Å². The van der Waals surface area contributed by atoms with E-state index in [1.165, 1.54) is 6.42 Å². The van der Waals surface area contributed by atoms with Crippen LogP contribution in [0, 0.1) is 0 Å². The molecular weight excluding hydrogens is 102 g/mol. The van der Waals surface area contributed by atoms with Gasteiger partial charge in [0, 0.05) is 6.54 Å². The first-order chi connectivity index (χ1) is 3.93. The van der Waals surface area contributed by atoms with Crippen molar-refractivity contribution in [3.05, 3.63) is 0 Å². The zero-order valence-electron chi connectivity index (χ0n) is 5.09. The van der Waals surface area contributed by atoms with Crippen LogP contribution in [0.1, 0.15) is 13.3 Å². The molecule has 46 valence electrons. The van der Waals surface area contributed by atoms with Crippen molar-refractivity contribution in [1.82, 2.24) is 10.4 Å². The lowest BCUT2D eigenvalue weighted by molar-refractivity contribution is 0.349. The smallest absolute Gasteiger partial charge is 0.107 e. The molecule has 1 heterocycles. The lowest BCUT2D eigenvalue weighted by Crippen LogP contribution is -2.31. The van der Waals surface area contributed by atoms with Gasteiger partial charge in [-0.2, -0.15) is 0 Å². The number of rotatable bonds is 2. The molecule has 0 aliphatic carbocycles. The molecule has 1 rings (SSSR count). The van der Waals surface area contributed by atoms with Gasteiger partial charge < -0.3 is 0 Å². The number of aliphatic imine (C=N–C) groups is 1. The van der Waals surface area contributed by atoms with Gasteiger partial charge in [0.05, 0.1) is 0 Å². The number of hydrogen-bond acceptors (Lipinski definition) is 3. The van der Waals surface area contributed by atoms with Crippen molar-refractivity contribution in [2.24, 2.45) is 4.99 Å². The predicted molar refractivity (Wildman–Crippen MR) is 33.5 cm³/mol. The fourth-order valence-electron chi connectivity index (χ4n) is 0.690. The van der Waals surface area contributed by atoms with Crippen LogP contribution in [0.4, 0.5) is 0 Å². The van der Waals surface area contributed by atoms with Crippen molar-refractivity contribution < 1.29 is 0 Å². The van der Waals surface area contributed by atoms with E-state index in [1.54, 1.807) is 0 Å². The third-order valence-electron chi connectivity index (χ3n) is 1.05. The summed E-state index contributed by atoms with van der Waals surface area (Å²) in [5.41, 5.74) is 3.07. The molecule has 0 aromatic carbocycles. The summed E-state index contributed by atoms with van der Waals surface area (Å²) in [4.78, 5) is 3.97. The van der Waals surface area contributed by atoms with Gasteiger partial charge in [0.2, 0.25) is 0 Å². The minimum atomic E-state index is 0.750. The van der Waals surface area contributed by atoms with Gasteiger partial charge >= 0.3 is 0 Å². The SMILES string of the molecule is CCCN1C=NCN1. The summed E-state index contributed by atoms with van der Waals surface area (Å²) < 4.78 is 0. The second-order valence-corrected chi connectivity index (χ2v) is 1.81. The Morgan fingerprint density at radius 3 is 3.25 bits per heavy atom. The van der Waals surface area contributed by atoms with Crippen LogP contribution in [0.5, 0.6) is 0 Å². The van der Waals surface area contributed by atoms with E-state index < -0.39 is 0 Å². The van der Waals surface area contributed by atoms with Crippen molar-refractivity contribution in [2.45, 2.75) is 13.3 Å². The van der Waals surface area contributed by atoms with E-state index in [9.17, 15) is 0 Å². The monoisotopic (exact) mass is 113 g/mol. The molecule has 0 unspecified atom stereocenters. The van der Waals surface area contributed by atoms with Crippen LogP contribution in [0.25, 0.3) is 0 Å². The molecular formula is C5H11N3. The number of hydrogen-bond donors (Lipinski definition) is 1. The van der Waals surface area contributed by atoms with Gasteiger partial charge in [-0.1, -0.05) is 6.92 Å². The van der Waals surface area contributed by atoms with E-state index >= 15 is 0 Å². The van der Waals surface area contributed by atoms with Crippen molar-refractivity contribution in [3.8, 4) is 0 Å². The summed E-state index contributed by atoms with van der Waals surface area (Å²) >= 11 is 0. The highest BCUT2D eigenvalue weighted by Gasteiger charge is 1.99. The normalized spacial score (nSPS) is 17.9. The van der Waals surface area contributed by atoms with Crippen molar-refractivity contribution in [2.75, 3.05) is 13.2 Å². The third kappa shape index (κ3) is 1.20. The zero-order chi connectivity index (χ0) is 5.82. The van der Waals surface area contributed by atoms with E-state index in [1.807, 2.05) is 11.3 Å². The first-order valence-corrected chi connectivity index (χ1v) is 2.93. The molecule has 1 aliphatic heterocycles. The molecule has 0 aromatic heterocycles. The first kappa shape index (κ1) is 5.56. The molecule has 3 heteroatoms. The Hall–Kier alpha value is -0.570. The maximum Gasteiger partial charge on any atom is 0.107 e. The van der Waals surface area contributed by atoms with E-state index in [2.05, 4.69) is 17.3 Å². The highest BCUT2D eigenvalue weighted by Crippen LogP contribution is 1.86. The Balaban J connectivity index is 2.16. The largest absolute Gasteiger partial charge is 0.297 e. The van der Waals surface area contributed by atoms with E-state index in [0.717, 1.165) is 13.2 Å². The van der Waals surface area contributed by atoms with Crippen molar-refractivity contribution in [3.63, 3.8) is 0 Å². The van der Waals surface area contributed by atoms with Gasteiger partial charge in [-0.25, -0.2) is 5.43 Å². The molecule has 8 heavy (non-hydrogen) atoms. The third-order valence-corrected chi connectivity index (χ3v) is 1.05. The molecule has 0 fully saturated rings. The average molecular weight is 113 g/mol. The maximum absolute atomic E-state index is 3.97. The van der Waals surface area contributed by atoms with Crippen molar-refractivity contribution >= 4 is 6.34 Å². The lowest BCUT2D eigenvalue weighted by Gasteiger charge is -2.11. The van der Waals surface area contributed by atoms with Gasteiger partial charge in [-0.15, -0.1) is 0 Å². The maximum atomic E-state index is 3.97. The summed E-state index contributed by atoms with van der Waals surface area (Å²) in [6.07, 6.45) is 3.00. The zero-order valence-corrected chi connectivity index (χ0v) is 5.09. The summed E-state index contributed by atoms with van der Waals surface area (Å²) in [6.45, 7) is 3.96. The van der Waals surface area contributed by atoms with Crippen LogP contribution >= 0.6 is 0 Å². The molecule has 0 bridgehead atoms. The van der Waals surface area contributed by atoms with Crippen LogP contribution in [0.15, 0.2) is 4.99 Å². The molecule has 1 aliphatic rings. The lowest BCUT2D eigenvalue weighted by atomic mass is 10.5. The van der Waals surface area contributed by atoms with Crippen LogP contribution in [0.2, 0.25) is 0 Å². The molecule has 1 N–H and O–H groups in total. The molecule has 0 aromatic rings. The van der Waals surface area contributed by atoms with Crippen molar-refractivity contribution in [1.29, 1.82) is 0 Å². The quantitative estimate of drug-likeness (QED) is 0.554. The molecule has 0 saturated heterocycles. The van der Waals surface area contributed by atoms with Gasteiger partial charge in [0.1, 0.15) is 13.0 Å². The Kier molecular flexibility index (Phi) is 1.86. The van der Waals surface area contributed by atoms with Crippen LogP contribution < -0.4 is 5.43 Å². The predicted octanol–water partition coefficient (Wildman–Crippen LogP) is 0.202. The standard InChI is InChI=1S/C5H11N3/c1-2-3-8-5-6-4-7-8/h5,7H,2-4H2,1H3. The van der Waals surface area contributed by atoms with E-state index in [-0.39, 0.29) is 0 Å². The highest BCUT2D eigenvalue weighted by molar-refractivity contribution is 5.55. The summed E-state index contributed by atoms with van der Waals surface area (Å²) in [5.74, 6) is 0. The fraction of sp³-hybridized carbons (Fsp3) is 0.800. The molecule has 3 nitrogen and oxygen atoms in total. The Bertz CT molecular complexity index is 89.7. The summed E-state index contributed by atoms with van der Waals surface area (Å²) in [6, 6.07) is 0. The van der Waals surface area contributed by atoms with Gasteiger partial charge in [0.25, 0.3) is 0 Å². The summed E-state index contributed by atoms with van der Waals surface area (Å²) in [5, 5.41) is 2.00. The second-order valence-electron chi connectivity index (χ2n) is 1.81.